The Labute approximate surface area is 74.9 Å². The molecule has 0 heterocycles. The van der Waals surface area contributed by atoms with Crippen LogP contribution in [0.1, 0.15) is 6.42 Å². The number of nitrogens with zero attached hydrogens (tertiary/aromatic N) is 1. The molecule has 70 valence electrons. The Morgan fingerprint density at radius 1 is 1.69 bits per heavy atom. The van der Waals surface area contributed by atoms with Crippen LogP contribution < -0.4 is 0 Å². The number of carboxylic acid groups (broad SMARTS) is 1. The van der Waals surface area contributed by atoms with E-state index in [0.717, 1.165) is 13.2 Å². The molecule has 0 radical (unpaired) electrons. The number of hydrogen-bond donors (Lipinski definition) is 1. The van der Waals surface area contributed by atoms with Gasteiger partial charge in [-0.2, -0.15) is 0 Å². The Kier molecular flexibility index (Phi) is 5.33. The van der Waals surface area contributed by atoms with Crippen LogP contribution in [0.25, 0.3) is 0 Å². The molecule has 0 aliphatic heterocycles. The molecule has 1 atom stereocenters. The van der Waals surface area contributed by atoms with Crippen LogP contribution in [0.4, 0.5) is 0 Å². The third-order valence-corrected chi connectivity index (χ3v) is 1.20. The van der Waals surface area contributed by atoms with Crippen LogP contribution in [0.3, 0.4) is 0 Å². The van der Waals surface area contributed by atoms with E-state index in [1.165, 1.54) is 0 Å². The molecule has 0 saturated carbocycles. The molecule has 0 aromatic carbocycles. The predicted molar refractivity (Wildman–Crippen MR) is 43.0 cm³/mol. The van der Waals surface area contributed by atoms with Crippen LogP contribution in [-0.2, 0) is 19.0 Å². The van der Waals surface area contributed by atoms with Gasteiger partial charge in [0.05, 0.1) is 0 Å². The molecule has 0 bridgehead atoms. The van der Waals surface area contributed by atoms with Crippen molar-refractivity contribution >= 4 is 25.2 Å². The first-order valence-corrected chi connectivity index (χ1v) is 3.38. The SMILES string of the molecule is COC(=O)C[C@H](/N=C\B=O)C(=O)O. The maximum atomic E-state index is 10.6. The molecule has 0 aliphatic rings. The zero-order chi connectivity index (χ0) is 10.3. The fourth-order valence-corrected chi connectivity index (χ4v) is 0.584. The Morgan fingerprint density at radius 3 is 2.69 bits per heavy atom. The first kappa shape index (κ1) is 11.5. The number of aliphatic carboxylic acids is 1. The summed E-state index contributed by atoms with van der Waals surface area (Å²) in [5, 5.41) is 8.51. The zero-order valence-corrected chi connectivity index (χ0v) is 6.97. The molecule has 6 nitrogen and oxygen atoms in total. The van der Waals surface area contributed by atoms with Crippen LogP contribution in [0.15, 0.2) is 4.99 Å². The summed E-state index contributed by atoms with van der Waals surface area (Å²) >= 11 is 0. The van der Waals surface area contributed by atoms with Crippen molar-refractivity contribution in [1.29, 1.82) is 0 Å². The Morgan fingerprint density at radius 2 is 2.31 bits per heavy atom. The van der Waals surface area contributed by atoms with E-state index in [1.807, 2.05) is 0 Å². The molecule has 0 saturated heterocycles. The molecule has 0 fully saturated rings. The number of esters is 1. The summed E-state index contributed by atoms with van der Waals surface area (Å²) in [4.78, 5) is 24.4. The summed E-state index contributed by atoms with van der Waals surface area (Å²) in [6, 6.07) is -1.25. The minimum atomic E-state index is -1.27. The average molecular weight is 185 g/mol. The van der Waals surface area contributed by atoms with E-state index in [-0.39, 0.29) is 6.42 Å². The van der Waals surface area contributed by atoms with Gasteiger partial charge in [0.1, 0.15) is 0 Å². The third kappa shape index (κ3) is 4.83. The van der Waals surface area contributed by atoms with Gasteiger partial charge in [-0.05, 0) is 0 Å². The molecule has 0 unspecified atom stereocenters. The fraction of sp³-hybridized carbons (Fsp3) is 0.500. The van der Waals surface area contributed by atoms with E-state index >= 15 is 0 Å². The number of methoxy groups -OCH3 is 1. The monoisotopic (exact) mass is 185 g/mol. The quantitative estimate of drug-likeness (QED) is 0.339. The number of carbonyl (C=O) groups excluding carboxylic acids is 1. The number of ether oxygens (including phenoxy) is 1. The number of aliphatic imine (C=N–C) groups is 1. The Balaban J connectivity index is 4.26. The van der Waals surface area contributed by atoms with Gasteiger partial charge in [0.2, 0.25) is 0 Å². The van der Waals surface area contributed by atoms with Crippen molar-refractivity contribution in [3.63, 3.8) is 0 Å². The van der Waals surface area contributed by atoms with E-state index in [0.29, 0.717) is 7.15 Å². The second-order valence-electron chi connectivity index (χ2n) is 2.07. The minimum absolute atomic E-state index is 0.340. The molecule has 0 aromatic heterocycles. The molecular formula is C6H8BNO5. The molecule has 0 amide bonds. The van der Waals surface area contributed by atoms with Crippen molar-refractivity contribution < 1.29 is 24.1 Å². The van der Waals surface area contributed by atoms with Gasteiger partial charge in [-0.1, -0.05) is 0 Å². The van der Waals surface area contributed by atoms with Crippen LogP contribution >= 0.6 is 0 Å². The average Bonchev–Trinajstić information content (AvgIpc) is 2.11. The van der Waals surface area contributed by atoms with Crippen molar-refractivity contribution in [3.05, 3.63) is 0 Å². The third-order valence-electron chi connectivity index (χ3n) is 1.20. The number of hydrogen-bond acceptors (Lipinski definition) is 5. The summed E-state index contributed by atoms with van der Waals surface area (Å²) in [7, 11) is 1.48. The van der Waals surface area contributed by atoms with Gasteiger partial charge < -0.3 is 0 Å². The van der Waals surface area contributed by atoms with Crippen molar-refractivity contribution in [3.8, 4) is 0 Å². The van der Waals surface area contributed by atoms with Crippen LogP contribution in [0, 0.1) is 0 Å². The van der Waals surface area contributed by atoms with Crippen molar-refractivity contribution in [2.24, 2.45) is 4.99 Å². The molecule has 1 N–H and O–H groups in total. The first-order valence-electron chi connectivity index (χ1n) is 3.38. The molecule has 13 heavy (non-hydrogen) atoms. The summed E-state index contributed by atoms with van der Waals surface area (Å²) in [5.74, 6) is -1.96. The van der Waals surface area contributed by atoms with Gasteiger partial charge in [-0.15, -0.1) is 0 Å². The zero-order valence-electron chi connectivity index (χ0n) is 6.97. The predicted octanol–water partition coefficient (Wildman–Crippen LogP) is -0.919. The molecule has 7 heteroatoms. The summed E-state index contributed by atoms with van der Waals surface area (Å²) in [6.07, 6.45) is 0.415. The van der Waals surface area contributed by atoms with Crippen LogP contribution in [0.2, 0.25) is 0 Å². The van der Waals surface area contributed by atoms with E-state index in [2.05, 4.69) is 9.73 Å². The first-order chi connectivity index (χ1) is 6.11. The van der Waals surface area contributed by atoms with Crippen LogP contribution in [-0.4, -0.2) is 43.5 Å². The van der Waals surface area contributed by atoms with Gasteiger partial charge >= 0.3 is 73.9 Å². The standard InChI is InChI=1S/C6H8BNO5/c1-13-5(9)2-4(6(10)11)8-3-7-12/h3-4H,2H2,1H3,(H,10,11)/b8-3-/t4-/m0/s1. The van der Waals surface area contributed by atoms with Gasteiger partial charge in [0.25, 0.3) is 0 Å². The van der Waals surface area contributed by atoms with E-state index in [9.17, 15) is 14.3 Å². The summed E-state index contributed by atoms with van der Waals surface area (Å²) < 4.78 is 14.1. The van der Waals surface area contributed by atoms with E-state index in [1.54, 1.807) is 0 Å². The fourth-order valence-electron chi connectivity index (χ4n) is 0.584. The van der Waals surface area contributed by atoms with E-state index < -0.39 is 18.0 Å². The van der Waals surface area contributed by atoms with Gasteiger partial charge in [0.15, 0.2) is 0 Å². The molecule has 0 spiro atoms. The summed E-state index contributed by atoms with van der Waals surface area (Å²) in [6.45, 7) is 0. The number of rotatable bonds is 5. The molecule has 0 aromatic rings. The second-order valence-corrected chi connectivity index (χ2v) is 2.07. The van der Waals surface area contributed by atoms with Crippen molar-refractivity contribution in [2.75, 3.05) is 7.11 Å². The normalized spacial score (nSPS) is 12.1. The molecule has 0 rings (SSSR count). The Hall–Kier alpha value is -1.53. The van der Waals surface area contributed by atoms with E-state index in [4.69, 9.17) is 5.11 Å². The van der Waals surface area contributed by atoms with Crippen LogP contribution in [0.5, 0.6) is 0 Å². The molecular weight excluding hydrogens is 177 g/mol. The maximum absolute atomic E-state index is 10.6. The van der Waals surface area contributed by atoms with Crippen molar-refractivity contribution in [2.45, 2.75) is 12.5 Å². The van der Waals surface area contributed by atoms with Gasteiger partial charge in [0, 0.05) is 0 Å². The van der Waals surface area contributed by atoms with Gasteiger partial charge in [-0.25, -0.2) is 0 Å². The number of carbonyl (C=O) groups is 2. The second kappa shape index (κ2) is 6.04. The number of carboxylic acids is 1. The molecule has 0 aliphatic carbocycles. The van der Waals surface area contributed by atoms with Gasteiger partial charge in [-0.3, -0.25) is 0 Å². The topological polar surface area (TPSA) is 93.0 Å². The summed E-state index contributed by atoms with van der Waals surface area (Å²) in [5.41, 5.74) is 0. The Bertz CT molecular complexity index is 239. The van der Waals surface area contributed by atoms with Crippen molar-refractivity contribution in [1.82, 2.24) is 0 Å².